The second-order valence-electron chi connectivity index (χ2n) is 5.57. The molecule has 1 heterocycles. The van der Waals surface area contributed by atoms with Crippen molar-refractivity contribution < 1.29 is 14.7 Å². The van der Waals surface area contributed by atoms with E-state index >= 15 is 0 Å². The van der Waals surface area contributed by atoms with Gasteiger partial charge in [-0.05, 0) is 26.7 Å². The number of nitrogens with zero attached hydrogens (tertiary/aromatic N) is 1. The summed E-state index contributed by atoms with van der Waals surface area (Å²) in [7, 11) is 0. The van der Waals surface area contributed by atoms with Gasteiger partial charge >= 0.3 is 0 Å². The van der Waals surface area contributed by atoms with E-state index in [1.807, 2.05) is 0 Å². The molecule has 0 aromatic rings. The monoisotopic (exact) mass is 225 g/mol. The molecule has 90 valence electrons. The van der Waals surface area contributed by atoms with E-state index in [4.69, 9.17) is 0 Å². The van der Waals surface area contributed by atoms with Crippen molar-refractivity contribution in [2.75, 3.05) is 6.54 Å². The molecule has 2 atom stereocenters. The Balaban J connectivity index is 2.15. The van der Waals surface area contributed by atoms with Crippen LogP contribution in [0.5, 0.6) is 0 Å². The Morgan fingerprint density at radius 1 is 1.19 bits per heavy atom. The van der Waals surface area contributed by atoms with Gasteiger partial charge in [0.15, 0.2) is 0 Å². The Morgan fingerprint density at radius 3 is 2.00 bits per heavy atom. The molecule has 0 aromatic heterocycles. The number of rotatable bonds is 2. The van der Waals surface area contributed by atoms with Gasteiger partial charge in [0.1, 0.15) is 0 Å². The Kier molecular flexibility index (Phi) is 2.78. The molecule has 2 aliphatic rings. The van der Waals surface area contributed by atoms with E-state index in [9.17, 15) is 14.7 Å². The Hall–Kier alpha value is -0.900. The zero-order chi connectivity index (χ0) is 11.9. The number of likely N-dealkylation sites (tertiary alicyclic amines) is 1. The third kappa shape index (κ3) is 1.98. The molecular formula is C12H19NO3. The van der Waals surface area contributed by atoms with Gasteiger partial charge < -0.3 is 5.11 Å². The van der Waals surface area contributed by atoms with Gasteiger partial charge in [-0.15, -0.1) is 0 Å². The topological polar surface area (TPSA) is 57.6 Å². The van der Waals surface area contributed by atoms with Crippen LogP contribution in [0.4, 0.5) is 0 Å². The van der Waals surface area contributed by atoms with Crippen molar-refractivity contribution in [1.29, 1.82) is 0 Å². The quantitative estimate of drug-likeness (QED) is 0.711. The van der Waals surface area contributed by atoms with Crippen LogP contribution in [0.3, 0.4) is 0 Å². The summed E-state index contributed by atoms with van der Waals surface area (Å²) in [5.74, 6) is -0.360. The fourth-order valence-electron chi connectivity index (χ4n) is 2.77. The molecule has 0 aromatic carbocycles. The minimum atomic E-state index is -1.00. The third-order valence-corrected chi connectivity index (χ3v) is 3.48. The molecule has 2 rings (SSSR count). The summed E-state index contributed by atoms with van der Waals surface area (Å²) >= 11 is 0. The minimum Gasteiger partial charge on any atom is -0.389 e. The van der Waals surface area contributed by atoms with Crippen LogP contribution in [-0.2, 0) is 9.59 Å². The van der Waals surface area contributed by atoms with E-state index in [0.29, 0.717) is 0 Å². The highest BCUT2D eigenvalue weighted by atomic mass is 16.3. The molecule has 1 aliphatic carbocycles. The van der Waals surface area contributed by atoms with E-state index in [1.165, 1.54) is 4.90 Å². The van der Waals surface area contributed by atoms with Crippen LogP contribution >= 0.6 is 0 Å². The van der Waals surface area contributed by atoms with Gasteiger partial charge in [-0.25, -0.2) is 0 Å². The zero-order valence-corrected chi connectivity index (χ0v) is 9.90. The largest absolute Gasteiger partial charge is 0.389 e. The van der Waals surface area contributed by atoms with Crippen LogP contribution in [0.2, 0.25) is 0 Å². The molecule has 1 saturated heterocycles. The highest BCUT2D eigenvalue weighted by Gasteiger charge is 2.48. The first-order valence-corrected chi connectivity index (χ1v) is 5.98. The van der Waals surface area contributed by atoms with Gasteiger partial charge in [-0.1, -0.05) is 12.8 Å². The standard InChI is InChI=1S/C12H19NO3/c1-12(2,16)7-13-10(14)8-5-3-4-6-9(8)11(13)15/h8-9,16H,3-7H2,1-2H3. The van der Waals surface area contributed by atoms with Gasteiger partial charge in [-0.3, -0.25) is 14.5 Å². The normalized spacial score (nSPS) is 30.8. The lowest BCUT2D eigenvalue weighted by molar-refractivity contribution is -0.143. The molecule has 2 amide bonds. The summed E-state index contributed by atoms with van der Waals surface area (Å²) in [4.78, 5) is 25.3. The average molecular weight is 225 g/mol. The van der Waals surface area contributed by atoms with E-state index in [-0.39, 0.29) is 30.2 Å². The summed E-state index contributed by atoms with van der Waals surface area (Å²) in [6.45, 7) is 3.36. The molecule has 0 bridgehead atoms. The molecular weight excluding hydrogens is 206 g/mol. The van der Waals surface area contributed by atoms with Gasteiger partial charge in [0.25, 0.3) is 0 Å². The second kappa shape index (κ2) is 3.84. The molecule has 1 N–H and O–H groups in total. The Bertz CT molecular complexity index is 295. The van der Waals surface area contributed by atoms with Gasteiger partial charge in [-0.2, -0.15) is 0 Å². The van der Waals surface area contributed by atoms with Crippen molar-refractivity contribution in [3.63, 3.8) is 0 Å². The number of aliphatic hydroxyl groups is 1. The van der Waals surface area contributed by atoms with E-state index < -0.39 is 5.60 Å². The van der Waals surface area contributed by atoms with Crippen molar-refractivity contribution in [2.45, 2.75) is 45.1 Å². The summed E-state index contributed by atoms with van der Waals surface area (Å²) in [5, 5.41) is 9.70. The lowest BCUT2D eigenvalue weighted by Crippen LogP contribution is -2.42. The number of carbonyl (C=O) groups excluding carboxylic acids is 2. The van der Waals surface area contributed by atoms with Crippen LogP contribution in [-0.4, -0.2) is 34.0 Å². The summed E-state index contributed by atoms with van der Waals surface area (Å²) < 4.78 is 0. The molecule has 16 heavy (non-hydrogen) atoms. The van der Waals surface area contributed by atoms with Gasteiger partial charge in [0.2, 0.25) is 11.8 Å². The number of amides is 2. The fourth-order valence-corrected chi connectivity index (χ4v) is 2.77. The molecule has 1 saturated carbocycles. The van der Waals surface area contributed by atoms with Crippen LogP contribution in [0.1, 0.15) is 39.5 Å². The zero-order valence-electron chi connectivity index (χ0n) is 9.90. The SMILES string of the molecule is CC(C)(O)CN1C(=O)C2CCCCC2C1=O. The molecule has 0 spiro atoms. The van der Waals surface area contributed by atoms with Crippen LogP contribution < -0.4 is 0 Å². The Labute approximate surface area is 95.6 Å². The summed E-state index contributed by atoms with van der Waals surface area (Å²) in [6, 6.07) is 0. The number of hydrogen-bond donors (Lipinski definition) is 1. The summed E-state index contributed by atoms with van der Waals surface area (Å²) in [6.07, 6.45) is 3.74. The lowest BCUT2D eigenvalue weighted by atomic mass is 9.81. The maximum Gasteiger partial charge on any atom is 0.233 e. The van der Waals surface area contributed by atoms with Crippen molar-refractivity contribution in [3.05, 3.63) is 0 Å². The molecule has 2 unspecified atom stereocenters. The van der Waals surface area contributed by atoms with Crippen LogP contribution in [0.25, 0.3) is 0 Å². The highest BCUT2D eigenvalue weighted by Crippen LogP contribution is 2.38. The maximum atomic E-state index is 12.0. The summed E-state index contributed by atoms with van der Waals surface area (Å²) in [5.41, 5.74) is -1.00. The third-order valence-electron chi connectivity index (χ3n) is 3.48. The fraction of sp³-hybridized carbons (Fsp3) is 0.833. The molecule has 1 aliphatic heterocycles. The van der Waals surface area contributed by atoms with Crippen LogP contribution in [0.15, 0.2) is 0 Å². The number of hydrogen-bond acceptors (Lipinski definition) is 3. The van der Waals surface area contributed by atoms with Crippen molar-refractivity contribution in [1.82, 2.24) is 4.90 Å². The first kappa shape index (κ1) is 11.6. The first-order valence-electron chi connectivity index (χ1n) is 5.98. The van der Waals surface area contributed by atoms with Gasteiger partial charge in [0, 0.05) is 0 Å². The Morgan fingerprint density at radius 2 is 1.62 bits per heavy atom. The van der Waals surface area contributed by atoms with E-state index in [0.717, 1.165) is 25.7 Å². The number of fused-ring (bicyclic) bond motifs is 1. The predicted octanol–water partition coefficient (Wildman–Crippen LogP) is 0.932. The predicted molar refractivity (Wildman–Crippen MR) is 58.5 cm³/mol. The molecule has 0 radical (unpaired) electrons. The number of β-amino-alcohol motifs (C(OH)–C–C–N with tert-alkyl or cyclic N) is 1. The molecule has 4 nitrogen and oxygen atoms in total. The average Bonchev–Trinajstić information content (AvgIpc) is 2.43. The van der Waals surface area contributed by atoms with E-state index in [1.54, 1.807) is 13.8 Å². The van der Waals surface area contributed by atoms with Crippen molar-refractivity contribution in [3.8, 4) is 0 Å². The van der Waals surface area contributed by atoms with Crippen LogP contribution in [0, 0.1) is 11.8 Å². The van der Waals surface area contributed by atoms with E-state index in [2.05, 4.69) is 0 Å². The number of carbonyl (C=O) groups is 2. The van der Waals surface area contributed by atoms with Crippen molar-refractivity contribution >= 4 is 11.8 Å². The number of imide groups is 1. The molecule has 4 heteroatoms. The molecule has 2 fully saturated rings. The smallest absolute Gasteiger partial charge is 0.233 e. The first-order chi connectivity index (χ1) is 7.40. The lowest BCUT2D eigenvalue weighted by Gasteiger charge is -2.24. The second-order valence-corrected chi connectivity index (χ2v) is 5.57. The maximum absolute atomic E-state index is 12.0. The highest BCUT2D eigenvalue weighted by molar-refractivity contribution is 6.05. The van der Waals surface area contributed by atoms with Gasteiger partial charge in [0.05, 0.1) is 24.0 Å². The van der Waals surface area contributed by atoms with Crippen molar-refractivity contribution in [2.24, 2.45) is 11.8 Å². The minimum absolute atomic E-state index is 0.0724.